The molecule has 2 aromatic carbocycles. The molecule has 12 heteroatoms. The monoisotopic (exact) mass is 547 g/mol. The summed E-state index contributed by atoms with van der Waals surface area (Å²) < 4.78 is 44.3. The van der Waals surface area contributed by atoms with E-state index in [0.717, 1.165) is 11.0 Å². The van der Waals surface area contributed by atoms with E-state index in [-0.39, 0.29) is 36.9 Å². The van der Waals surface area contributed by atoms with Crippen molar-refractivity contribution in [1.29, 1.82) is 0 Å². The number of amides is 1. The number of benzene rings is 2. The normalized spacial score (nSPS) is 14.1. The summed E-state index contributed by atoms with van der Waals surface area (Å²) in [6, 6.07) is 9.15. The fourth-order valence-electron chi connectivity index (χ4n) is 4.71. The molecule has 0 bridgehead atoms. The van der Waals surface area contributed by atoms with Crippen LogP contribution in [0.4, 0.5) is 8.78 Å². The van der Waals surface area contributed by atoms with Gasteiger partial charge in [-0.2, -0.15) is 0 Å². The third kappa shape index (κ3) is 6.39. The van der Waals surface area contributed by atoms with Gasteiger partial charge in [-0.25, -0.2) is 13.6 Å². The number of aliphatic hydroxyl groups excluding tert-OH is 1. The Morgan fingerprint density at radius 2 is 1.85 bits per heavy atom. The first-order valence-corrected chi connectivity index (χ1v) is 12.7. The Morgan fingerprint density at radius 1 is 1.08 bits per heavy atom. The number of hydrogen-bond acceptors (Lipinski definition) is 7. The van der Waals surface area contributed by atoms with E-state index in [2.05, 4.69) is 0 Å². The van der Waals surface area contributed by atoms with Gasteiger partial charge in [-0.05, 0) is 48.7 Å². The first kappa shape index (κ1) is 28.1. The summed E-state index contributed by atoms with van der Waals surface area (Å²) in [5.74, 6) is 0.959. The van der Waals surface area contributed by atoms with E-state index in [1.54, 1.807) is 27.7 Å². The van der Waals surface area contributed by atoms with E-state index in [9.17, 15) is 23.2 Å². The van der Waals surface area contributed by atoms with Crippen LogP contribution < -0.4 is 25.5 Å². The van der Waals surface area contributed by atoms with Gasteiger partial charge in [0.25, 0.3) is 12.0 Å². The standard InChI is InChI=1S/C27H31F2N3O7/c1-37-23-6-3-18(13-24(23)38-12-2-11-33)15-31-26(35)21-14-20(39-16-25(28)29)4-5-22(21)32(27(31)36)19-7-9-30(17-34)10-8-19/h3-6,13-14,17,19,25,33H,2,7-12,15-16H2,1H3. The van der Waals surface area contributed by atoms with Crippen molar-refractivity contribution in [2.24, 2.45) is 0 Å². The van der Waals surface area contributed by atoms with E-state index in [0.29, 0.717) is 54.9 Å². The molecule has 0 aliphatic carbocycles. The van der Waals surface area contributed by atoms with Crippen molar-refractivity contribution < 1.29 is 32.9 Å². The van der Waals surface area contributed by atoms with Crippen LogP contribution in [0.3, 0.4) is 0 Å². The summed E-state index contributed by atoms with van der Waals surface area (Å²) in [7, 11) is 1.49. The molecule has 210 valence electrons. The van der Waals surface area contributed by atoms with Gasteiger partial charge in [0, 0.05) is 32.2 Å². The Balaban J connectivity index is 1.79. The summed E-state index contributed by atoms with van der Waals surface area (Å²) in [6.45, 7) is 0.230. The number of alkyl halides is 2. The lowest BCUT2D eigenvalue weighted by atomic mass is 10.0. The van der Waals surface area contributed by atoms with E-state index in [1.807, 2.05) is 0 Å². The third-order valence-electron chi connectivity index (χ3n) is 6.66. The van der Waals surface area contributed by atoms with Crippen LogP contribution in [-0.4, -0.2) is 72.0 Å². The Hall–Kier alpha value is -3.93. The van der Waals surface area contributed by atoms with Gasteiger partial charge in [0.1, 0.15) is 12.4 Å². The van der Waals surface area contributed by atoms with Gasteiger partial charge in [0.15, 0.2) is 11.5 Å². The van der Waals surface area contributed by atoms with Crippen molar-refractivity contribution in [1.82, 2.24) is 14.0 Å². The Kier molecular flexibility index (Phi) is 9.18. The number of piperidine rings is 1. The molecule has 1 N–H and O–H groups in total. The molecule has 1 fully saturated rings. The molecule has 0 atom stereocenters. The van der Waals surface area contributed by atoms with Gasteiger partial charge in [-0.3, -0.25) is 18.7 Å². The van der Waals surface area contributed by atoms with Crippen LogP contribution in [0.2, 0.25) is 0 Å². The highest BCUT2D eigenvalue weighted by atomic mass is 19.3. The van der Waals surface area contributed by atoms with E-state index in [1.165, 1.54) is 25.3 Å². The van der Waals surface area contributed by atoms with E-state index >= 15 is 0 Å². The Bertz CT molecular complexity index is 1410. The number of methoxy groups -OCH3 is 1. The number of likely N-dealkylation sites (tertiary alicyclic amines) is 1. The maximum atomic E-state index is 13.8. The minimum Gasteiger partial charge on any atom is -0.493 e. The number of aromatic nitrogens is 2. The summed E-state index contributed by atoms with van der Waals surface area (Å²) >= 11 is 0. The molecule has 0 saturated carbocycles. The molecule has 1 amide bonds. The molecule has 1 aliphatic rings. The molecule has 0 radical (unpaired) electrons. The topological polar surface area (TPSA) is 112 Å². The molecule has 3 aromatic rings. The first-order chi connectivity index (χ1) is 18.9. The molecular weight excluding hydrogens is 516 g/mol. The van der Waals surface area contributed by atoms with Gasteiger partial charge in [0.2, 0.25) is 6.41 Å². The van der Waals surface area contributed by atoms with Gasteiger partial charge < -0.3 is 24.2 Å². The average molecular weight is 548 g/mol. The van der Waals surface area contributed by atoms with Gasteiger partial charge in [-0.15, -0.1) is 0 Å². The van der Waals surface area contributed by atoms with Gasteiger partial charge in [-0.1, -0.05) is 6.07 Å². The first-order valence-electron chi connectivity index (χ1n) is 12.7. The number of carbonyl (C=O) groups excluding carboxylic acids is 1. The zero-order valence-corrected chi connectivity index (χ0v) is 21.6. The maximum absolute atomic E-state index is 13.8. The smallest absolute Gasteiger partial charge is 0.332 e. The number of rotatable bonds is 12. The quantitative estimate of drug-likeness (QED) is 0.274. The van der Waals surface area contributed by atoms with Crippen LogP contribution in [0.1, 0.15) is 30.9 Å². The fourth-order valence-corrected chi connectivity index (χ4v) is 4.71. The lowest BCUT2D eigenvalue weighted by Crippen LogP contribution is -2.44. The number of aliphatic hydroxyl groups is 1. The summed E-state index contributed by atoms with van der Waals surface area (Å²) in [5.41, 5.74) is -0.131. The minimum atomic E-state index is -2.68. The van der Waals surface area contributed by atoms with Crippen LogP contribution in [-0.2, 0) is 11.3 Å². The number of nitrogens with zero attached hydrogens (tertiary/aromatic N) is 3. The fraction of sp³-hybridized carbons (Fsp3) is 0.444. The van der Waals surface area contributed by atoms with Crippen LogP contribution in [0.15, 0.2) is 46.0 Å². The SMILES string of the molecule is COc1ccc(Cn2c(=O)c3cc(OCC(F)F)ccc3n(C3CCN(C=O)CC3)c2=O)cc1OCCCO. The lowest BCUT2D eigenvalue weighted by Gasteiger charge is -2.31. The van der Waals surface area contributed by atoms with Crippen LogP contribution >= 0.6 is 0 Å². The zero-order chi connectivity index (χ0) is 27.9. The molecule has 1 saturated heterocycles. The average Bonchev–Trinajstić information content (AvgIpc) is 2.95. The van der Waals surface area contributed by atoms with E-state index < -0.39 is 24.3 Å². The number of fused-ring (bicyclic) bond motifs is 1. The van der Waals surface area contributed by atoms with Crippen molar-refractivity contribution in [3.63, 3.8) is 0 Å². The number of halogens is 2. The Labute approximate surface area is 222 Å². The van der Waals surface area contributed by atoms with Crippen molar-refractivity contribution in [3.8, 4) is 17.2 Å². The molecule has 4 rings (SSSR count). The van der Waals surface area contributed by atoms with Crippen molar-refractivity contribution in [2.45, 2.75) is 38.3 Å². The maximum Gasteiger partial charge on any atom is 0.332 e. The summed E-state index contributed by atoms with van der Waals surface area (Å²) in [4.78, 5) is 40.2. The summed E-state index contributed by atoms with van der Waals surface area (Å²) in [6.07, 6.45) is -0.462. The highest BCUT2D eigenvalue weighted by Gasteiger charge is 2.25. The zero-order valence-electron chi connectivity index (χ0n) is 21.6. The van der Waals surface area contributed by atoms with Gasteiger partial charge >= 0.3 is 5.69 Å². The second-order valence-electron chi connectivity index (χ2n) is 9.21. The minimum absolute atomic E-state index is 0.0389. The predicted octanol–water partition coefficient (Wildman–Crippen LogP) is 2.42. The largest absolute Gasteiger partial charge is 0.493 e. The second kappa shape index (κ2) is 12.7. The Morgan fingerprint density at radius 3 is 2.51 bits per heavy atom. The van der Waals surface area contributed by atoms with Crippen LogP contribution in [0.25, 0.3) is 10.9 Å². The van der Waals surface area contributed by atoms with Gasteiger partial charge in [0.05, 0.1) is 31.2 Å². The molecule has 10 nitrogen and oxygen atoms in total. The van der Waals surface area contributed by atoms with Crippen LogP contribution in [0, 0.1) is 0 Å². The third-order valence-corrected chi connectivity index (χ3v) is 6.66. The molecule has 0 spiro atoms. The number of hydrogen-bond donors (Lipinski definition) is 1. The lowest BCUT2D eigenvalue weighted by molar-refractivity contribution is -0.119. The van der Waals surface area contributed by atoms with Crippen molar-refractivity contribution >= 4 is 17.3 Å². The van der Waals surface area contributed by atoms with Crippen LogP contribution in [0.5, 0.6) is 17.2 Å². The van der Waals surface area contributed by atoms with Crippen molar-refractivity contribution in [2.75, 3.05) is 40.0 Å². The summed E-state index contributed by atoms with van der Waals surface area (Å²) in [5, 5.41) is 9.22. The van der Waals surface area contributed by atoms with E-state index in [4.69, 9.17) is 19.3 Å². The predicted molar refractivity (Wildman–Crippen MR) is 139 cm³/mol. The second-order valence-corrected chi connectivity index (χ2v) is 9.21. The molecule has 39 heavy (non-hydrogen) atoms. The molecule has 1 aliphatic heterocycles. The number of ether oxygens (including phenoxy) is 3. The van der Waals surface area contributed by atoms with Crippen molar-refractivity contribution in [3.05, 3.63) is 62.8 Å². The number of carbonyl (C=O) groups is 1. The highest BCUT2D eigenvalue weighted by Crippen LogP contribution is 2.29. The molecule has 2 heterocycles. The molecular formula is C27H31F2N3O7. The highest BCUT2D eigenvalue weighted by molar-refractivity contribution is 5.80. The molecule has 1 aromatic heterocycles. The molecule has 0 unspecified atom stereocenters.